The van der Waals surface area contributed by atoms with Gasteiger partial charge < -0.3 is 13.9 Å². The normalized spacial score (nSPS) is 13.7. The van der Waals surface area contributed by atoms with Crippen molar-refractivity contribution in [2.45, 2.75) is 77.7 Å². The van der Waals surface area contributed by atoms with Crippen molar-refractivity contribution >= 4 is 14.6 Å². The number of carbonyl (C=O) groups is 1. The second-order valence-corrected chi connectivity index (χ2v) is 16.4. The fourth-order valence-corrected chi connectivity index (χ4v) is 5.85. The van der Waals surface area contributed by atoms with E-state index in [0.717, 1.165) is 48.2 Å². The third kappa shape index (κ3) is 7.35. The number of aldehydes is 1. The Morgan fingerprint density at radius 3 is 2.21 bits per heavy atom. The Balaban J connectivity index is 2.05. The van der Waals surface area contributed by atoms with Crippen molar-refractivity contribution in [3.8, 4) is 11.5 Å². The van der Waals surface area contributed by atoms with Crippen molar-refractivity contribution in [1.29, 1.82) is 0 Å². The van der Waals surface area contributed by atoms with Crippen LogP contribution >= 0.6 is 0 Å². The minimum absolute atomic E-state index is 0.0368. The number of aryl methyl sites for hydroxylation is 1. The molecule has 6 nitrogen and oxygen atoms in total. The lowest BCUT2D eigenvalue weighted by molar-refractivity contribution is 0.0970. The highest BCUT2D eigenvalue weighted by Gasteiger charge is 2.41. The standard InChI is InChI=1S/C31H44N2O4Si/c1-23-28(35-5)17-27(18-29(23)36-6)30(37-38(7,8)31(2,3)4)26(21-33-20-25(22-34)19-32-33)16-12-15-24-13-10-9-11-14-24/h9-11,13-14,17-20,22,26,30H,12,15-16,21H2,1-8H3/t26-,30-/m0/s1. The van der Waals surface area contributed by atoms with Crippen LogP contribution in [0.3, 0.4) is 0 Å². The predicted octanol–water partition coefficient (Wildman–Crippen LogP) is 7.42. The number of carbonyl (C=O) groups excluding carboxylic acids is 1. The van der Waals surface area contributed by atoms with Crippen LogP contribution in [-0.4, -0.2) is 38.6 Å². The molecule has 1 heterocycles. The van der Waals surface area contributed by atoms with E-state index >= 15 is 0 Å². The first-order valence-corrected chi connectivity index (χ1v) is 16.3. The van der Waals surface area contributed by atoms with E-state index in [9.17, 15) is 4.79 Å². The van der Waals surface area contributed by atoms with Crippen molar-refractivity contribution in [2.75, 3.05) is 14.2 Å². The summed E-state index contributed by atoms with van der Waals surface area (Å²) in [5.41, 5.74) is 3.91. The summed E-state index contributed by atoms with van der Waals surface area (Å²) in [6.45, 7) is 14.0. The molecule has 2 atom stereocenters. The van der Waals surface area contributed by atoms with Crippen LogP contribution in [0.1, 0.15) is 66.8 Å². The number of rotatable bonds is 13. The van der Waals surface area contributed by atoms with Crippen molar-refractivity contribution in [3.63, 3.8) is 0 Å². The first-order valence-electron chi connectivity index (χ1n) is 13.4. The quantitative estimate of drug-likeness (QED) is 0.168. The average Bonchev–Trinajstić information content (AvgIpc) is 3.34. The largest absolute Gasteiger partial charge is 0.496 e. The van der Waals surface area contributed by atoms with Crippen LogP contribution < -0.4 is 9.47 Å². The molecule has 7 heteroatoms. The molecule has 3 aromatic rings. The maximum absolute atomic E-state index is 11.4. The van der Waals surface area contributed by atoms with Gasteiger partial charge in [-0.1, -0.05) is 51.1 Å². The molecule has 0 radical (unpaired) electrons. The minimum Gasteiger partial charge on any atom is -0.496 e. The molecule has 0 unspecified atom stereocenters. The minimum atomic E-state index is -2.17. The van der Waals surface area contributed by atoms with Crippen LogP contribution in [0.25, 0.3) is 0 Å². The fraction of sp³-hybridized carbons (Fsp3) is 0.484. The number of nitrogens with zero attached hydrogens (tertiary/aromatic N) is 2. The van der Waals surface area contributed by atoms with Crippen LogP contribution in [0, 0.1) is 12.8 Å². The third-order valence-electron chi connectivity index (χ3n) is 7.85. The molecule has 0 saturated carbocycles. The van der Waals surface area contributed by atoms with Crippen molar-refractivity contribution in [3.05, 3.63) is 77.1 Å². The lowest BCUT2D eigenvalue weighted by atomic mass is 9.89. The Bertz CT molecular complexity index is 1160. The van der Waals surface area contributed by atoms with Crippen LogP contribution in [0.5, 0.6) is 11.5 Å². The van der Waals surface area contributed by atoms with Crippen molar-refractivity contribution in [1.82, 2.24) is 9.78 Å². The van der Waals surface area contributed by atoms with Gasteiger partial charge in [0.05, 0.1) is 32.1 Å². The first kappa shape index (κ1) is 29.6. The maximum Gasteiger partial charge on any atom is 0.192 e. The summed E-state index contributed by atoms with van der Waals surface area (Å²) >= 11 is 0. The van der Waals surface area contributed by atoms with Gasteiger partial charge in [0.1, 0.15) is 11.5 Å². The number of hydrogen-bond donors (Lipinski definition) is 0. The number of aromatic nitrogens is 2. The Labute approximate surface area is 229 Å². The fourth-order valence-electron chi connectivity index (χ4n) is 4.53. The van der Waals surface area contributed by atoms with Gasteiger partial charge in [0, 0.05) is 24.2 Å². The zero-order valence-electron chi connectivity index (χ0n) is 24.3. The number of ether oxygens (including phenoxy) is 2. The van der Waals surface area contributed by atoms with Gasteiger partial charge in [-0.05, 0) is 67.6 Å². The zero-order valence-corrected chi connectivity index (χ0v) is 25.3. The molecule has 0 fully saturated rings. The topological polar surface area (TPSA) is 62.6 Å². The molecule has 1 aromatic heterocycles. The van der Waals surface area contributed by atoms with Crippen molar-refractivity contribution < 1.29 is 18.7 Å². The van der Waals surface area contributed by atoms with E-state index in [1.165, 1.54) is 5.56 Å². The van der Waals surface area contributed by atoms with E-state index in [4.69, 9.17) is 13.9 Å². The van der Waals surface area contributed by atoms with E-state index in [2.05, 4.69) is 81.4 Å². The van der Waals surface area contributed by atoms with E-state index < -0.39 is 8.32 Å². The van der Waals surface area contributed by atoms with Crippen LogP contribution in [0.4, 0.5) is 0 Å². The van der Waals surface area contributed by atoms with Crippen LogP contribution in [-0.2, 0) is 17.4 Å². The van der Waals surface area contributed by atoms with E-state index in [1.54, 1.807) is 20.4 Å². The van der Waals surface area contributed by atoms with E-state index in [0.29, 0.717) is 12.1 Å². The third-order valence-corrected chi connectivity index (χ3v) is 12.3. The molecule has 0 spiro atoms. The van der Waals surface area contributed by atoms with E-state index in [-0.39, 0.29) is 17.1 Å². The summed E-state index contributed by atoms with van der Waals surface area (Å²) in [7, 11) is 1.21. The van der Waals surface area contributed by atoms with Gasteiger partial charge in [-0.3, -0.25) is 9.48 Å². The summed E-state index contributed by atoms with van der Waals surface area (Å²) in [6.07, 6.45) is 7.01. The second-order valence-electron chi connectivity index (χ2n) is 11.6. The van der Waals surface area contributed by atoms with E-state index in [1.807, 2.05) is 17.8 Å². The molecule has 0 aliphatic rings. The lowest BCUT2D eigenvalue weighted by Crippen LogP contribution is -2.43. The highest BCUT2D eigenvalue weighted by atomic mass is 28.4. The number of methoxy groups -OCH3 is 2. The summed E-state index contributed by atoms with van der Waals surface area (Å²) in [5, 5.41) is 4.52. The van der Waals surface area contributed by atoms with Crippen LogP contribution in [0.15, 0.2) is 54.9 Å². The first-order chi connectivity index (χ1) is 18.0. The molecule has 3 rings (SSSR count). The summed E-state index contributed by atoms with van der Waals surface area (Å²) < 4.78 is 20.6. The number of hydrogen-bond acceptors (Lipinski definition) is 5. The summed E-state index contributed by atoms with van der Waals surface area (Å²) in [6, 6.07) is 14.8. The molecule has 0 aliphatic carbocycles. The van der Waals surface area contributed by atoms with Crippen LogP contribution in [0.2, 0.25) is 18.1 Å². The molecule has 0 bridgehead atoms. The highest BCUT2D eigenvalue weighted by molar-refractivity contribution is 6.74. The zero-order chi connectivity index (χ0) is 27.9. The van der Waals surface area contributed by atoms with Gasteiger partial charge >= 0.3 is 0 Å². The Morgan fingerprint density at radius 1 is 1.05 bits per heavy atom. The highest BCUT2D eigenvalue weighted by Crippen LogP contribution is 2.44. The van der Waals surface area contributed by atoms with Crippen molar-refractivity contribution in [2.24, 2.45) is 5.92 Å². The van der Waals surface area contributed by atoms with Gasteiger partial charge in [0.15, 0.2) is 14.6 Å². The van der Waals surface area contributed by atoms with Gasteiger partial charge in [0.2, 0.25) is 0 Å². The lowest BCUT2D eigenvalue weighted by Gasteiger charge is -2.42. The molecular weight excluding hydrogens is 492 g/mol. The van der Waals surface area contributed by atoms with Gasteiger partial charge in [-0.2, -0.15) is 5.10 Å². The molecule has 0 saturated heterocycles. The molecule has 2 aromatic carbocycles. The van der Waals surface area contributed by atoms with Gasteiger partial charge in [-0.15, -0.1) is 0 Å². The predicted molar refractivity (Wildman–Crippen MR) is 156 cm³/mol. The number of benzene rings is 2. The molecule has 38 heavy (non-hydrogen) atoms. The molecular formula is C31H44N2O4Si. The average molecular weight is 537 g/mol. The Morgan fingerprint density at radius 2 is 1.68 bits per heavy atom. The van der Waals surface area contributed by atoms with Gasteiger partial charge in [0.25, 0.3) is 0 Å². The summed E-state index contributed by atoms with van der Waals surface area (Å²) in [5.74, 6) is 1.69. The smallest absolute Gasteiger partial charge is 0.192 e. The molecule has 206 valence electrons. The summed E-state index contributed by atoms with van der Waals surface area (Å²) in [4.78, 5) is 11.4. The second kappa shape index (κ2) is 12.8. The Hall–Kier alpha value is -2.90. The maximum atomic E-state index is 11.4. The molecule has 0 aliphatic heterocycles. The monoisotopic (exact) mass is 536 g/mol. The molecule has 0 amide bonds. The Kier molecular flexibility index (Phi) is 9.96. The SMILES string of the molecule is COc1cc([C@@H](O[Si](C)(C)C(C)(C)C)[C@@H](CCCc2ccccc2)Cn2cc(C=O)cn2)cc(OC)c1C. The van der Waals surface area contributed by atoms with Gasteiger partial charge in [-0.25, -0.2) is 0 Å². The molecule has 0 N–H and O–H groups in total.